The smallest absolute Gasteiger partial charge is 0.693 e. The Morgan fingerprint density at radius 2 is 0.400 bits per heavy atom. The Bertz CT molecular complexity index is 4.85. The van der Waals surface area contributed by atoms with Crippen LogP contribution in [-0.2, 0) is 0 Å². The van der Waals surface area contributed by atoms with E-state index in [1.54, 1.807) is 0 Å². The average molecular weight is 105 g/mol. The first-order valence-corrected chi connectivity index (χ1v) is 0. The zero-order valence-corrected chi connectivity index (χ0v) is 7.52. The van der Waals surface area contributed by atoms with E-state index in [1.807, 2.05) is 0 Å². The second-order valence-electron chi connectivity index (χ2n) is 0. The second kappa shape index (κ2) is 34.4. The van der Waals surface area contributed by atoms with E-state index in [0.29, 0.717) is 0 Å². The first-order chi connectivity index (χ1) is 0. The summed E-state index contributed by atoms with van der Waals surface area (Å²) in [6.45, 7) is 0. The van der Waals surface area contributed by atoms with Gasteiger partial charge in [-0.25, -0.2) is 0 Å². The van der Waals surface area contributed by atoms with Gasteiger partial charge in [-0.1, -0.05) is 0 Å². The minimum atomic E-state index is 0. The van der Waals surface area contributed by atoms with Gasteiger partial charge in [-0.2, -0.15) is 0 Å². The van der Waals surface area contributed by atoms with Crippen LogP contribution in [0.3, 0.4) is 0 Å². The third-order valence-corrected chi connectivity index (χ3v) is 0. The fourth-order valence-corrected chi connectivity index (χ4v) is 0. The molecule has 0 aromatic rings. The molecule has 0 amide bonds. The van der Waals surface area contributed by atoms with Crippen LogP contribution in [0.2, 0.25) is 0 Å². The van der Waals surface area contributed by atoms with Crippen molar-refractivity contribution in [2.75, 3.05) is 0 Å². The molecule has 16 valence electrons. The summed E-state index contributed by atoms with van der Waals surface area (Å²) in [5.74, 6) is 0. The molecule has 0 rings (SSSR count). The van der Waals surface area contributed by atoms with E-state index < -0.39 is 0 Å². The summed E-state index contributed by atoms with van der Waals surface area (Å²) in [4.78, 5) is 0. The summed E-state index contributed by atoms with van der Waals surface area (Å²) in [7, 11) is 0. The van der Waals surface area contributed by atoms with E-state index >= 15 is 0 Å². The van der Waals surface area contributed by atoms with Crippen molar-refractivity contribution >= 4 is 69.2 Å². The van der Waals surface area contributed by atoms with Crippen LogP contribution in [-0.4, -0.2) is 69.2 Å². The molecule has 0 radical (unpaired) electrons. The van der Waals surface area contributed by atoms with Crippen LogP contribution < -0.4 is 0 Å². The summed E-state index contributed by atoms with van der Waals surface area (Å²) in [5, 5.41) is 0. The predicted molar refractivity (Wildman–Crippen MR) is 27.8 cm³/mol. The van der Waals surface area contributed by atoms with Gasteiger partial charge in [0.25, 0.3) is 0 Å². The molecule has 0 fully saturated rings. The molecular formula is H4Mg3N2+4. The molecule has 0 spiro atoms. The van der Waals surface area contributed by atoms with E-state index in [1.165, 1.54) is 0 Å². The Morgan fingerprint density at radius 3 is 0.400 bits per heavy atom. The largest absolute Gasteiger partial charge is 2.00 e. The molecule has 0 saturated heterocycles. The molecule has 5 heteroatoms. The van der Waals surface area contributed by atoms with E-state index in [-0.39, 0.29) is 81.5 Å². The van der Waals surface area contributed by atoms with Crippen LogP contribution in [0.1, 0.15) is 0 Å². The van der Waals surface area contributed by atoms with Crippen LogP contribution in [0.15, 0.2) is 0 Å². The molecule has 0 atom stereocenters. The minimum absolute atomic E-state index is 0. The Balaban J connectivity index is 0. The van der Waals surface area contributed by atoms with Gasteiger partial charge in [-0.15, -0.1) is 0 Å². The van der Waals surface area contributed by atoms with Crippen molar-refractivity contribution in [2.24, 2.45) is 0 Å². The molecule has 0 aromatic carbocycles. The molecule has 0 aliphatic heterocycles. The molecule has 2 nitrogen and oxygen atoms in total. The van der Waals surface area contributed by atoms with Crippen molar-refractivity contribution in [1.29, 1.82) is 0 Å². The van der Waals surface area contributed by atoms with Crippen LogP contribution in [0.5, 0.6) is 0 Å². The molecule has 0 aliphatic rings. The quantitative estimate of drug-likeness (QED) is 0.397. The Kier molecular flexibility index (Phi) is 390. The van der Waals surface area contributed by atoms with Crippen molar-refractivity contribution < 1.29 is 0 Å². The first kappa shape index (κ1) is 56.7. The Morgan fingerprint density at radius 1 is 0.400 bits per heavy atom. The third-order valence-electron chi connectivity index (χ3n) is 0. The van der Waals surface area contributed by atoms with Crippen molar-refractivity contribution in [1.82, 2.24) is 0 Å². The minimum Gasteiger partial charge on any atom is -0.693 e. The van der Waals surface area contributed by atoms with Crippen LogP contribution >= 0.6 is 0 Å². The zero-order chi connectivity index (χ0) is 0. The van der Waals surface area contributed by atoms with Crippen molar-refractivity contribution in [2.45, 2.75) is 0 Å². The average Bonchev–Trinajstić information content (AvgIpc) is 0. The Labute approximate surface area is 80.4 Å². The summed E-state index contributed by atoms with van der Waals surface area (Å²) in [6.07, 6.45) is 0. The summed E-state index contributed by atoms with van der Waals surface area (Å²) in [6, 6.07) is 0. The molecule has 4 N–H and O–H groups in total. The fraction of sp³-hybridized carbons (Fsp3) is 0. The molecule has 0 saturated carbocycles. The van der Waals surface area contributed by atoms with Gasteiger partial charge < -0.3 is 12.3 Å². The summed E-state index contributed by atoms with van der Waals surface area (Å²) < 4.78 is 0. The maximum Gasteiger partial charge on any atom is 2.00 e. The van der Waals surface area contributed by atoms with Gasteiger partial charge in [-0.3, -0.25) is 0 Å². The van der Waals surface area contributed by atoms with Gasteiger partial charge in [0.05, 0.1) is 0 Å². The molecular weight excluding hydrogens is 101 g/mol. The SMILES string of the molecule is [Mg+2].[Mg+2].[Mg+2].[NH2-].[NH2-]. The molecule has 0 aromatic heterocycles. The zero-order valence-electron chi connectivity index (χ0n) is 3.28. The standard InChI is InChI=1S/3Mg.2H2N/h;;;2*1H2/q3*+2;2*-1. The van der Waals surface area contributed by atoms with Crippen molar-refractivity contribution in [3.05, 3.63) is 12.3 Å². The number of hydrogen-bond acceptors (Lipinski definition) is 0. The second-order valence-corrected chi connectivity index (χ2v) is 0. The number of nitrogens with two attached hydrogens (primary N) is 2. The third kappa shape index (κ3) is 22.5. The van der Waals surface area contributed by atoms with E-state index in [4.69, 9.17) is 0 Å². The number of rotatable bonds is 0. The van der Waals surface area contributed by atoms with Crippen molar-refractivity contribution in [3.8, 4) is 0 Å². The molecule has 0 aliphatic carbocycles. The van der Waals surface area contributed by atoms with Crippen LogP contribution in [0, 0.1) is 0 Å². The van der Waals surface area contributed by atoms with Crippen LogP contribution in [0.25, 0.3) is 12.3 Å². The van der Waals surface area contributed by atoms with Gasteiger partial charge in [-0.05, 0) is 0 Å². The maximum absolute atomic E-state index is 0. The molecule has 0 heterocycles. The predicted octanol–water partition coefficient (Wildman–Crippen LogP) is 0.292. The topological polar surface area (TPSA) is 67.0 Å². The normalized spacial score (nSPS) is 0. The first-order valence-electron chi connectivity index (χ1n) is 0. The Hall–Kier alpha value is 2.22. The van der Waals surface area contributed by atoms with Gasteiger partial charge in [0.1, 0.15) is 0 Å². The maximum atomic E-state index is 0. The monoisotopic (exact) mass is 104 g/mol. The van der Waals surface area contributed by atoms with E-state index in [9.17, 15) is 0 Å². The molecule has 0 bridgehead atoms. The van der Waals surface area contributed by atoms with E-state index in [0.717, 1.165) is 0 Å². The molecule has 0 unspecified atom stereocenters. The summed E-state index contributed by atoms with van der Waals surface area (Å²) in [5.41, 5.74) is 0. The van der Waals surface area contributed by atoms with Gasteiger partial charge >= 0.3 is 69.2 Å². The fourth-order valence-electron chi connectivity index (χ4n) is 0. The van der Waals surface area contributed by atoms with E-state index in [2.05, 4.69) is 0 Å². The van der Waals surface area contributed by atoms with Crippen LogP contribution in [0.4, 0.5) is 0 Å². The van der Waals surface area contributed by atoms with Gasteiger partial charge in [0, 0.05) is 0 Å². The van der Waals surface area contributed by atoms with Gasteiger partial charge in [0.2, 0.25) is 0 Å². The van der Waals surface area contributed by atoms with Gasteiger partial charge in [0.15, 0.2) is 0 Å². The molecule has 5 heavy (non-hydrogen) atoms. The summed E-state index contributed by atoms with van der Waals surface area (Å²) >= 11 is 0. The number of hydrogen-bond donors (Lipinski definition) is 0. The van der Waals surface area contributed by atoms with Crippen molar-refractivity contribution in [3.63, 3.8) is 0 Å².